The maximum Gasteiger partial charge on any atom is 0.306 e. The van der Waals surface area contributed by atoms with Gasteiger partial charge in [-0.05, 0) is 31.1 Å². The highest BCUT2D eigenvalue weighted by atomic mass is 31.0. The van der Waals surface area contributed by atoms with Gasteiger partial charge < -0.3 is 5.11 Å². The summed E-state index contributed by atoms with van der Waals surface area (Å²) < 4.78 is 0. The summed E-state index contributed by atoms with van der Waals surface area (Å²) in [5.74, 6) is 0.280. The number of carbonyl (C=O) groups is 1. The van der Waals surface area contributed by atoms with Crippen molar-refractivity contribution in [1.82, 2.24) is 0 Å². The molecule has 0 radical (unpaired) electrons. The lowest BCUT2D eigenvalue weighted by atomic mass is 9.77. The zero-order valence-electron chi connectivity index (χ0n) is 10.0. The molecule has 0 amide bonds. The molecule has 1 fully saturated rings. The van der Waals surface area contributed by atoms with Gasteiger partial charge in [-0.15, -0.1) is 0 Å². The highest BCUT2D eigenvalue weighted by molar-refractivity contribution is 6.92. The fourth-order valence-electron chi connectivity index (χ4n) is 2.54. The molecular formula is C12H25O2P. The van der Waals surface area contributed by atoms with Crippen LogP contribution in [0.1, 0.15) is 52.4 Å². The molecule has 1 N–H and O–H groups in total. The van der Waals surface area contributed by atoms with Crippen LogP contribution in [0, 0.1) is 17.8 Å². The summed E-state index contributed by atoms with van der Waals surface area (Å²) in [6, 6.07) is 0. The van der Waals surface area contributed by atoms with Gasteiger partial charge in [-0.2, -0.15) is 9.90 Å². The lowest BCUT2D eigenvalue weighted by Gasteiger charge is -2.28. The third-order valence-corrected chi connectivity index (χ3v) is 3.26. The smallest absolute Gasteiger partial charge is 0.306 e. The van der Waals surface area contributed by atoms with Crippen molar-refractivity contribution in [3.8, 4) is 0 Å². The normalized spacial score (nSPS) is 19.7. The largest absolute Gasteiger partial charge is 0.481 e. The van der Waals surface area contributed by atoms with E-state index in [9.17, 15) is 9.90 Å². The van der Waals surface area contributed by atoms with Crippen LogP contribution >= 0.6 is 9.90 Å². The number of hydrogen-bond acceptors (Lipinski definition) is 1. The summed E-state index contributed by atoms with van der Waals surface area (Å²) in [6.07, 6.45) is 6.86. The molecule has 2 nitrogen and oxygen atoms in total. The van der Waals surface area contributed by atoms with Crippen molar-refractivity contribution in [1.29, 1.82) is 0 Å². The van der Waals surface area contributed by atoms with Gasteiger partial charge in [-0.3, -0.25) is 4.79 Å². The van der Waals surface area contributed by atoms with Gasteiger partial charge in [0, 0.05) is 0 Å². The molecule has 0 aromatic carbocycles. The Morgan fingerprint density at radius 3 is 2.20 bits per heavy atom. The second-order valence-electron chi connectivity index (χ2n) is 4.97. The summed E-state index contributed by atoms with van der Waals surface area (Å²) in [7, 11) is 0. The predicted molar refractivity (Wildman–Crippen MR) is 68.3 cm³/mol. The van der Waals surface area contributed by atoms with Gasteiger partial charge in [0.1, 0.15) is 0 Å². The summed E-state index contributed by atoms with van der Waals surface area (Å²) in [5.41, 5.74) is 0. The molecule has 0 spiro atoms. The predicted octanol–water partition coefficient (Wildman–Crippen LogP) is 3.37. The maximum absolute atomic E-state index is 11.1. The van der Waals surface area contributed by atoms with Crippen LogP contribution in [-0.2, 0) is 4.79 Å². The van der Waals surface area contributed by atoms with Crippen LogP contribution in [-0.4, -0.2) is 11.1 Å². The molecule has 1 rings (SSSR count). The lowest BCUT2D eigenvalue weighted by molar-refractivity contribution is -0.144. The van der Waals surface area contributed by atoms with Gasteiger partial charge in [-0.1, -0.05) is 33.1 Å². The average molecular weight is 232 g/mol. The first-order valence-electron chi connectivity index (χ1n) is 5.84. The molecule has 0 bridgehead atoms. The van der Waals surface area contributed by atoms with Crippen LogP contribution in [0.3, 0.4) is 0 Å². The van der Waals surface area contributed by atoms with Gasteiger partial charge in [-0.25, -0.2) is 0 Å². The van der Waals surface area contributed by atoms with Crippen LogP contribution in [0.25, 0.3) is 0 Å². The minimum absolute atomic E-state index is 0. The van der Waals surface area contributed by atoms with Crippen LogP contribution in [0.15, 0.2) is 0 Å². The summed E-state index contributed by atoms with van der Waals surface area (Å²) in [6.45, 7) is 4.22. The van der Waals surface area contributed by atoms with Crippen LogP contribution in [0.4, 0.5) is 0 Å². The molecule has 0 heterocycles. The monoisotopic (exact) mass is 232 g/mol. The molecule has 1 aliphatic carbocycles. The molecule has 90 valence electrons. The van der Waals surface area contributed by atoms with Crippen molar-refractivity contribution >= 4 is 15.9 Å². The van der Waals surface area contributed by atoms with E-state index in [-0.39, 0.29) is 15.8 Å². The Hall–Kier alpha value is -0.100. The fraction of sp³-hybridized carbons (Fsp3) is 0.917. The number of hydrogen-bond donors (Lipinski definition) is 1. The first-order chi connectivity index (χ1) is 6.61. The number of rotatable bonds is 4. The zero-order valence-corrected chi connectivity index (χ0v) is 11.5. The Morgan fingerprint density at radius 2 is 1.80 bits per heavy atom. The van der Waals surface area contributed by atoms with Crippen molar-refractivity contribution in [3.63, 3.8) is 0 Å². The third kappa shape index (κ3) is 4.97. The van der Waals surface area contributed by atoms with Crippen molar-refractivity contribution in [3.05, 3.63) is 0 Å². The SMILES string of the molecule is CC(C)CC(C(=O)O)C1CCCCC1.P. The molecular weight excluding hydrogens is 207 g/mol. The fourth-order valence-corrected chi connectivity index (χ4v) is 2.54. The van der Waals surface area contributed by atoms with Crippen LogP contribution in [0.2, 0.25) is 0 Å². The van der Waals surface area contributed by atoms with E-state index in [4.69, 9.17) is 0 Å². The molecule has 3 heteroatoms. The number of carboxylic acid groups (broad SMARTS) is 1. The second-order valence-corrected chi connectivity index (χ2v) is 4.97. The van der Waals surface area contributed by atoms with Crippen molar-refractivity contribution < 1.29 is 9.90 Å². The molecule has 0 aromatic rings. The van der Waals surface area contributed by atoms with E-state index in [0.29, 0.717) is 11.8 Å². The molecule has 1 saturated carbocycles. The molecule has 0 aromatic heterocycles. The lowest BCUT2D eigenvalue weighted by Crippen LogP contribution is -2.26. The molecule has 0 aliphatic heterocycles. The van der Waals surface area contributed by atoms with E-state index in [1.165, 1.54) is 19.3 Å². The number of aliphatic carboxylic acids is 1. The topological polar surface area (TPSA) is 37.3 Å². The van der Waals surface area contributed by atoms with E-state index in [2.05, 4.69) is 13.8 Å². The number of carboxylic acids is 1. The minimum atomic E-state index is -0.578. The maximum atomic E-state index is 11.1. The molecule has 2 unspecified atom stereocenters. The van der Waals surface area contributed by atoms with Gasteiger partial charge in [0.15, 0.2) is 0 Å². The molecule has 15 heavy (non-hydrogen) atoms. The van der Waals surface area contributed by atoms with Crippen LogP contribution in [0.5, 0.6) is 0 Å². The van der Waals surface area contributed by atoms with Crippen LogP contribution < -0.4 is 0 Å². The van der Waals surface area contributed by atoms with E-state index >= 15 is 0 Å². The van der Waals surface area contributed by atoms with Gasteiger partial charge in [0.2, 0.25) is 0 Å². The van der Waals surface area contributed by atoms with Crippen molar-refractivity contribution in [2.24, 2.45) is 17.8 Å². The van der Waals surface area contributed by atoms with Gasteiger partial charge in [0.25, 0.3) is 0 Å². The highest BCUT2D eigenvalue weighted by Crippen LogP contribution is 2.33. The Bertz CT molecular complexity index is 186. The summed E-state index contributed by atoms with van der Waals surface area (Å²) in [5, 5.41) is 9.17. The Morgan fingerprint density at radius 1 is 1.27 bits per heavy atom. The molecule has 1 aliphatic rings. The Labute approximate surface area is 96.5 Å². The highest BCUT2D eigenvalue weighted by Gasteiger charge is 2.29. The third-order valence-electron chi connectivity index (χ3n) is 3.26. The van der Waals surface area contributed by atoms with E-state index in [1.807, 2.05) is 0 Å². The van der Waals surface area contributed by atoms with Gasteiger partial charge >= 0.3 is 5.97 Å². The van der Waals surface area contributed by atoms with E-state index in [1.54, 1.807) is 0 Å². The minimum Gasteiger partial charge on any atom is -0.481 e. The Kier molecular flexibility index (Phi) is 7.17. The average Bonchev–Trinajstić information content (AvgIpc) is 2.15. The summed E-state index contributed by atoms with van der Waals surface area (Å²) in [4.78, 5) is 11.1. The van der Waals surface area contributed by atoms with Crippen molar-refractivity contribution in [2.45, 2.75) is 52.4 Å². The van der Waals surface area contributed by atoms with Crippen molar-refractivity contribution in [2.75, 3.05) is 0 Å². The quantitative estimate of drug-likeness (QED) is 0.754. The standard InChI is InChI=1S/C12H22O2.H3P/c1-9(2)8-11(12(13)14)10-6-4-3-5-7-10;/h9-11H,3-8H2,1-2H3,(H,13,14);1H3. The van der Waals surface area contributed by atoms with Gasteiger partial charge in [0.05, 0.1) is 5.92 Å². The Balaban J connectivity index is 0.00000196. The molecule has 2 atom stereocenters. The van der Waals surface area contributed by atoms with E-state index in [0.717, 1.165) is 19.3 Å². The zero-order chi connectivity index (χ0) is 10.6. The molecule has 0 saturated heterocycles. The first-order valence-corrected chi connectivity index (χ1v) is 5.84. The summed E-state index contributed by atoms with van der Waals surface area (Å²) >= 11 is 0. The van der Waals surface area contributed by atoms with E-state index < -0.39 is 5.97 Å². The first kappa shape index (κ1) is 14.9. The second kappa shape index (κ2) is 7.22.